The second kappa shape index (κ2) is 9.50. The number of benzene rings is 2. The molecule has 0 spiro atoms. The lowest BCUT2D eigenvalue weighted by molar-refractivity contribution is 0.0950. The number of nitrogens with zero attached hydrogens (tertiary/aromatic N) is 1. The summed E-state index contributed by atoms with van der Waals surface area (Å²) in [5, 5.41) is 2.87. The van der Waals surface area contributed by atoms with Crippen LogP contribution in [0.1, 0.15) is 40.0 Å². The quantitative estimate of drug-likeness (QED) is 0.520. The summed E-state index contributed by atoms with van der Waals surface area (Å²) in [5.41, 5.74) is 2.74. The van der Waals surface area contributed by atoms with E-state index in [-0.39, 0.29) is 23.4 Å². The lowest BCUT2D eigenvalue weighted by Crippen LogP contribution is -2.27. The highest BCUT2D eigenvalue weighted by Gasteiger charge is 2.28. The lowest BCUT2D eigenvalue weighted by Gasteiger charge is -2.12. The predicted octanol–water partition coefficient (Wildman–Crippen LogP) is 3.34. The first-order valence-corrected chi connectivity index (χ1v) is 11.9. The number of carbonyl (C=O) groups excluding carboxylic acids is 1. The number of rotatable bonds is 9. The second-order valence-electron chi connectivity index (χ2n) is 7.81. The van der Waals surface area contributed by atoms with Crippen LogP contribution in [0.2, 0.25) is 0 Å². The Balaban J connectivity index is 1.40. The Hall–Kier alpha value is -3.23. The fraction of sp³-hybridized carbons (Fsp3) is 0.250. The van der Waals surface area contributed by atoms with E-state index >= 15 is 0 Å². The summed E-state index contributed by atoms with van der Waals surface area (Å²) in [6.45, 7) is 2.42. The third-order valence-electron chi connectivity index (χ3n) is 5.13. The highest BCUT2D eigenvalue weighted by molar-refractivity contribution is 7.89. The number of aryl methyl sites for hydroxylation is 1. The van der Waals surface area contributed by atoms with Crippen LogP contribution >= 0.6 is 0 Å². The predicted molar refractivity (Wildman–Crippen MR) is 121 cm³/mol. The van der Waals surface area contributed by atoms with E-state index in [2.05, 4.69) is 15.0 Å². The Morgan fingerprint density at radius 2 is 1.94 bits per heavy atom. The van der Waals surface area contributed by atoms with Crippen molar-refractivity contribution < 1.29 is 17.9 Å². The lowest BCUT2D eigenvalue weighted by atomic mass is 10.1. The van der Waals surface area contributed by atoms with Crippen LogP contribution in [-0.2, 0) is 23.2 Å². The minimum atomic E-state index is -3.62. The summed E-state index contributed by atoms with van der Waals surface area (Å²) in [6, 6.07) is 17.7. The van der Waals surface area contributed by atoms with Gasteiger partial charge in [0.25, 0.3) is 5.91 Å². The standard InChI is InChI=1S/C24H25N3O4S/c1-17-8-11-22(32(29,30)27-19-9-10-19)14-23(17)24(28)26-15-18-5-4-7-21(13-18)31-16-20-6-2-3-12-25-20/h2-8,11-14,19,27H,9-10,15-16H2,1H3,(H,26,28). The molecule has 7 nitrogen and oxygen atoms in total. The minimum Gasteiger partial charge on any atom is -0.487 e. The zero-order valence-electron chi connectivity index (χ0n) is 17.7. The van der Waals surface area contributed by atoms with Crippen LogP contribution in [0.5, 0.6) is 5.75 Å². The maximum atomic E-state index is 12.8. The Morgan fingerprint density at radius 3 is 2.69 bits per heavy atom. The molecule has 2 aromatic carbocycles. The van der Waals surface area contributed by atoms with E-state index in [1.807, 2.05) is 42.5 Å². The number of amides is 1. The van der Waals surface area contributed by atoms with Crippen molar-refractivity contribution in [1.29, 1.82) is 0 Å². The summed E-state index contributed by atoms with van der Waals surface area (Å²) in [4.78, 5) is 17.1. The second-order valence-corrected chi connectivity index (χ2v) is 9.53. The van der Waals surface area contributed by atoms with E-state index in [9.17, 15) is 13.2 Å². The van der Waals surface area contributed by atoms with Gasteiger partial charge in [-0.3, -0.25) is 9.78 Å². The van der Waals surface area contributed by atoms with Gasteiger partial charge in [0.15, 0.2) is 0 Å². The van der Waals surface area contributed by atoms with Gasteiger partial charge in [0, 0.05) is 24.3 Å². The Kier molecular flexibility index (Phi) is 6.53. The van der Waals surface area contributed by atoms with Gasteiger partial charge in [0.1, 0.15) is 12.4 Å². The maximum absolute atomic E-state index is 12.8. The topological polar surface area (TPSA) is 97.4 Å². The molecule has 1 aliphatic carbocycles. The highest BCUT2D eigenvalue weighted by Crippen LogP contribution is 2.23. The van der Waals surface area contributed by atoms with Gasteiger partial charge in [0.2, 0.25) is 10.0 Å². The molecule has 32 heavy (non-hydrogen) atoms. The van der Waals surface area contributed by atoms with Crippen molar-refractivity contribution in [1.82, 2.24) is 15.0 Å². The van der Waals surface area contributed by atoms with Gasteiger partial charge in [-0.15, -0.1) is 0 Å². The van der Waals surface area contributed by atoms with Crippen LogP contribution in [0.4, 0.5) is 0 Å². The molecule has 0 bridgehead atoms. The van der Waals surface area contributed by atoms with Crippen molar-refractivity contribution in [3.63, 3.8) is 0 Å². The smallest absolute Gasteiger partial charge is 0.251 e. The number of ether oxygens (including phenoxy) is 1. The van der Waals surface area contributed by atoms with Gasteiger partial charge >= 0.3 is 0 Å². The SMILES string of the molecule is Cc1ccc(S(=O)(=O)NC2CC2)cc1C(=O)NCc1cccc(OCc2ccccn2)c1. The Labute approximate surface area is 187 Å². The number of hydrogen-bond donors (Lipinski definition) is 2. The number of pyridine rings is 1. The highest BCUT2D eigenvalue weighted by atomic mass is 32.2. The fourth-order valence-corrected chi connectivity index (χ4v) is 4.50. The molecule has 1 heterocycles. The van der Waals surface area contributed by atoms with Crippen molar-refractivity contribution in [2.24, 2.45) is 0 Å². The van der Waals surface area contributed by atoms with E-state index in [0.717, 1.165) is 24.1 Å². The van der Waals surface area contributed by atoms with E-state index in [4.69, 9.17) is 4.74 Å². The van der Waals surface area contributed by atoms with Crippen molar-refractivity contribution in [3.05, 3.63) is 89.2 Å². The van der Waals surface area contributed by atoms with Crippen LogP contribution < -0.4 is 14.8 Å². The summed E-state index contributed by atoms with van der Waals surface area (Å²) in [7, 11) is -3.62. The molecule has 0 radical (unpaired) electrons. The molecule has 1 aliphatic rings. The molecule has 3 aromatic rings. The van der Waals surface area contributed by atoms with Crippen LogP contribution in [-0.4, -0.2) is 25.4 Å². The first-order valence-electron chi connectivity index (χ1n) is 10.4. The molecule has 166 valence electrons. The number of carbonyl (C=O) groups is 1. The number of hydrogen-bond acceptors (Lipinski definition) is 5. The minimum absolute atomic E-state index is 0.00532. The zero-order chi connectivity index (χ0) is 22.6. The average Bonchev–Trinajstić information content (AvgIpc) is 3.60. The van der Waals surface area contributed by atoms with E-state index in [1.165, 1.54) is 12.1 Å². The molecule has 1 saturated carbocycles. The number of nitrogens with one attached hydrogen (secondary N) is 2. The third-order valence-corrected chi connectivity index (χ3v) is 6.65. The van der Waals surface area contributed by atoms with E-state index < -0.39 is 10.0 Å². The molecule has 1 amide bonds. The third kappa shape index (κ3) is 5.72. The van der Waals surface area contributed by atoms with Gasteiger partial charge in [-0.2, -0.15) is 0 Å². The van der Waals surface area contributed by atoms with Crippen LogP contribution in [0, 0.1) is 6.92 Å². The Morgan fingerprint density at radius 1 is 1.09 bits per heavy atom. The van der Waals surface area contributed by atoms with Gasteiger partial charge in [-0.1, -0.05) is 24.3 Å². The molecule has 2 N–H and O–H groups in total. The molecule has 4 rings (SSSR count). The van der Waals surface area contributed by atoms with Gasteiger partial charge in [-0.25, -0.2) is 13.1 Å². The van der Waals surface area contributed by atoms with Gasteiger partial charge in [-0.05, 0) is 67.3 Å². The normalized spacial score (nSPS) is 13.5. The van der Waals surface area contributed by atoms with Crippen LogP contribution in [0.3, 0.4) is 0 Å². The van der Waals surface area contributed by atoms with Gasteiger partial charge in [0.05, 0.1) is 10.6 Å². The molecule has 8 heteroatoms. The van der Waals surface area contributed by atoms with Crippen LogP contribution in [0.25, 0.3) is 0 Å². The summed E-state index contributed by atoms with van der Waals surface area (Å²) in [6.07, 6.45) is 3.42. The van der Waals surface area contributed by atoms with Crippen molar-refractivity contribution >= 4 is 15.9 Å². The first-order chi connectivity index (χ1) is 15.4. The molecule has 0 aliphatic heterocycles. The molecule has 0 atom stereocenters. The molecule has 0 unspecified atom stereocenters. The fourth-order valence-electron chi connectivity index (χ4n) is 3.17. The van der Waals surface area contributed by atoms with Gasteiger partial charge < -0.3 is 10.1 Å². The zero-order valence-corrected chi connectivity index (χ0v) is 18.6. The summed E-state index contributed by atoms with van der Waals surface area (Å²) < 4.78 is 33.4. The first kappa shape index (κ1) is 22.0. The molecule has 1 aromatic heterocycles. The molecule has 1 fully saturated rings. The van der Waals surface area contributed by atoms with Crippen molar-refractivity contribution in [2.45, 2.75) is 43.9 Å². The monoisotopic (exact) mass is 451 g/mol. The Bertz CT molecular complexity index is 1210. The summed E-state index contributed by atoms with van der Waals surface area (Å²) >= 11 is 0. The van der Waals surface area contributed by atoms with Crippen molar-refractivity contribution in [2.75, 3.05) is 0 Å². The van der Waals surface area contributed by atoms with Crippen LogP contribution in [0.15, 0.2) is 71.8 Å². The summed E-state index contributed by atoms with van der Waals surface area (Å²) in [5.74, 6) is 0.351. The maximum Gasteiger partial charge on any atom is 0.251 e. The number of sulfonamides is 1. The number of aromatic nitrogens is 1. The van der Waals surface area contributed by atoms with E-state index in [0.29, 0.717) is 23.5 Å². The van der Waals surface area contributed by atoms with Crippen molar-refractivity contribution in [3.8, 4) is 5.75 Å². The van der Waals surface area contributed by atoms with E-state index in [1.54, 1.807) is 19.2 Å². The molecular formula is C24H25N3O4S. The largest absolute Gasteiger partial charge is 0.487 e. The molecule has 0 saturated heterocycles. The average molecular weight is 452 g/mol. The molecular weight excluding hydrogens is 426 g/mol.